The number of carbonyl (C=O) groups is 1. The van der Waals surface area contributed by atoms with E-state index in [0.717, 1.165) is 25.7 Å². The Hall–Kier alpha value is -0.610. The molecule has 0 aromatic rings. The third kappa shape index (κ3) is 3.19. The summed E-state index contributed by atoms with van der Waals surface area (Å²) in [5.74, 6) is -0.140. The minimum absolute atomic E-state index is 0.140. The van der Waals surface area contributed by atoms with Crippen molar-refractivity contribution in [1.29, 1.82) is 0 Å². The molecule has 1 aliphatic carbocycles. The van der Waals surface area contributed by atoms with Crippen LogP contribution in [0.5, 0.6) is 0 Å². The van der Waals surface area contributed by atoms with Crippen molar-refractivity contribution in [3.63, 3.8) is 0 Å². The summed E-state index contributed by atoms with van der Waals surface area (Å²) in [6.45, 7) is 2.67. The molecule has 94 valence electrons. The monoisotopic (exact) mass is 229 g/mol. The number of carbonyl (C=O) groups excluding carboxylic acids is 1. The molecule has 0 spiro atoms. The lowest BCUT2D eigenvalue weighted by molar-refractivity contribution is -0.164. The minimum atomic E-state index is -0.430. The summed E-state index contributed by atoms with van der Waals surface area (Å²) in [7, 11) is 1.60. The van der Waals surface area contributed by atoms with Crippen molar-refractivity contribution in [2.45, 2.75) is 45.1 Å². The van der Waals surface area contributed by atoms with Gasteiger partial charge in [-0.15, -0.1) is 0 Å². The molecule has 1 unspecified atom stereocenters. The first kappa shape index (κ1) is 13.5. The van der Waals surface area contributed by atoms with Gasteiger partial charge in [0.15, 0.2) is 0 Å². The van der Waals surface area contributed by atoms with Gasteiger partial charge in [-0.2, -0.15) is 0 Å². The summed E-state index contributed by atoms with van der Waals surface area (Å²) < 4.78 is 10.3. The number of nitrogens with two attached hydrogens (primary N) is 1. The molecule has 2 N–H and O–H groups in total. The van der Waals surface area contributed by atoms with E-state index < -0.39 is 5.41 Å². The lowest BCUT2D eigenvalue weighted by atomic mass is 9.74. The summed E-state index contributed by atoms with van der Waals surface area (Å²) in [6.07, 6.45) is 4.88. The fraction of sp³-hybridized carbons (Fsp3) is 0.917. The van der Waals surface area contributed by atoms with Crippen molar-refractivity contribution in [1.82, 2.24) is 0 Å². The predicted octanol–water partition coefficient (Wildman–Crippen LogP) is 1.47. The van der Waals surface area contributed by atoms with Crippen molar-refractivity contribution >= 4 is 5.97 Å². The fourth-order valence-electron chi connectivity index (χ4n) is 2.30. The molecule has 0 saturated heterocycles. The molecule has 1 atom stereocenters. The van der Waals surface area contributed by atoms with Gasteiger partial charge in [-0.25, -0.2) is 0 Å². The summed E-state index contributed by atoms with van der Waals surface area (Å²) >= 11 is 0. The van der Waals surface area contributed by atoms with E-state index in [2.05, 4.69) is 0 Å². The molecular weight excluding hydrogens is 206 g/mol. The molecule has 0 amide bonds. The molecule has 0 aromatic carbocycles. The normalized spacial score (nSPS) is 21.4. The zero-order valence-electron chi connectivity index (χ0n) is 10.3. The quantitative estimate of drug-likeness (QED) is 0.725. The van der Waals surface area contributed by atoms with Gasteiger partial charge in [0.25, 0.3) is 0 Å². The maximum Gasteiger partial charge on any atom is 0.313 e. The van der Waals surface area contributed by atoms with Crippen molar-refractivity contribution in [3.05, 3.63) is 0 Å². The van der Waals surface area contributed by atoms with Gasteiger partial charge in [0.1, 0.15) is 6.10 Å². The number of hydrogen-bond donors (Lipinski definition) is 1. The second-order valence-electron chi connectivity index (χ2n) is 4.72. The SMILES string of the molecule is COCC(C)OC(=O)C1(CN)CCCCC1. The van der Waals surface area contributed by atoms with Crippen molar-refractivity contribution in [2.24, 2.45) is 11.1 Å². The Morgan fingerprint density at radius 1 is 1.38 bits per heavy atom. The van der Waals surface area contributed by atoms with E-state index in [0.29, 0.717) is 13.2 Å². The van der Waals surface area contributed by atoms with Crippen molar-refractivity contribution in [2.75, 3.05) is 20.3 Å². The summed E-state index contributed by atoms with van der Waals surface area (Å²) in [4.78, 5) is 12.1. The molecule has 1 saturated carbocycles. The van der Waals surface area contributed by atoms with E-state index >= 15 is 0 Å². The van der Waals surface area contributed by atoms with Crippen molar-refractivity contribution in [3.8, 4) is 0 Å². The molecule has 16 heavy (non-hydrogen) atoms. The van der Waals surface area contributed by atoms with E-state index in [9.17, 15) is 4.79 Å². The molecule has 0 radical (unpaired) electrons. The Kier molecular flexibility index (Phi) is 5.22. The highest BCUT2D eigenvalue weighted by atomic mass is 16.6. The van der Waals surface area contributed by atoms with E-state index in [1.807, 2.05) is 6.92 Å². The highest BCUT2D eigenvalue weighted by molar-refractivity contribution is 5.77. The fourth-order valence-corrected chi connectivity index (χ4v) is 2.30. The molecule has 4 nitrogen and oxygen atoms in total. The largest absolute Gasteiger partial charge is 0.460 e. The summed E-state index contributed by atoms with van der Waals surface area (Å²) in [6, 6.07) is 0. The van der Waals surface area contributed by atoms with E-state index in [1.54, 1.807) is 7.11 Å². The number of rotatable bonds is 5. The average Bonchev–Trinajstić information content (AvgIpc) is 2.30. The Bertz CT molecular complexity index is 224. The predicted molar refractivity (Wildman–Crippen MR) is 62.0 cm³/mol. The lowest BCUT2D eigenvalue weighted by Gasteiger charge is -2.34. The first-order chi connectivity index (χ1) is 7.64. The summed E-state index contributed by atoms with van der Waals surface area (Å²) in [5, 5.41) is 0. The third-order valence-electron chi connectivity index (χ3n) is 3.34. The van der Waals surface area contributed by atoms with Gasteiger partial charge in [0.05, 0.1) is 12.0 Å². The van der Waals surface area contributed by atoms with Crippen LogP contribution in [0.25, 0.3) is 0 Å². The molecule has 1 aliphatic rings. The highest BCUT2D eigenvalue weighted by Gasteiger charge is 2.40. The molecule has 1 rings (SSSR count). The second-order valence-corrected chi connectivity index (χ2v) is 4.72. The van der Waals surface area contributed by atoms with Gasteiger partial charge in [-0.05, 0) is 19.8 Å². The maximum absolute atomic E-state index is 12.1. The van der Waals surface area contributed by atoms with Crippen LogP contribution < -0.4 is 5.73 Å². The lowest BCUT2D eigenvalue weighted by Crippen LogP contribution is -2.43. The zero-order chi connectivity index (χ0) is 12.0. The minimum Gasteiger partial charge on any atom is -0.460 e. The number of ether oxygens (including phenoxy) is 2. The maximum atomic E-state index is 12.1. The molecule has 0 aliphatic heterocycles. The molecule has 4 heteroatoms. The van der Waals surface area contributed by atoms with Crippen LogP contribution in [0.15, 0.2) is 0 Å². The third-order valence-corrected chi connectivity index (χ3v) is 3.34. The topological polar surface area (TPSA) is 61.5 Å². The standard InChI is InChI=1S/C12H23NO3/c1-10(8-15-2)16-11(14)12(9-13)6-4-3-5-7-12/h10H,3-9,13H2,1-2H3. The van der Waals surface area contributed by atoms with Gasteiger partial charge in [-0.3, -0.25) is 4.79 Å². The summed E-state index contributed by atoms with van der Waals surface area (Å²) in [5.41, 5.74) is 5.33. The van der Waals surface area contributed by atoms with Crippen LogP contribution in [0.4, 0.5) is 0 Å². The Morgan fingerprint density at radius 3 is 2.50 bits per heavy atom. The average molecular weight is 229 g/mol. The molecule has 0 aromatic heterocycles. The van der Waals surface area contributed by atoms with E-state index in [4.69, 9.17) is 15.2 Å². The Morgan fingerprint density at radius 2 is 2.00 bits per heavy atom. The van der Waals surface area contributed by atoms with Crippen LogP contribution in [0.3, 0.4) is 0 Å². The molecule has 0 bridgehead atoms. The van der Waals surface area contributed by atoms with Gasteiger partial charge in [-0.1, -0.05) is 19.3 Å². The van der Waals surface area contributed by atoms with E-state index in [-0.39, 0.29) is 12.1 Å². The van der Waals surface area contributed by atoms with Crippen LogP contribution in [0.1, 0.15) is 39.0 Å². The van der Waals surface area contributed by atoms with Gasteiger partial charge >= 0.3 is 5.97 Å². The number of hydrogen-bond acceptors (Lipinski definition) is 4. The van der Waals surface area contributed by atoms with Crippen LogP contribution in [0.2, 0.25) is 0 Å². The zero-order valence-corrected chi connectivity index (χ0v) is 10.3. The van der Waals surface area contributed by atoms with Gasteiger partial charge in [0, 0.05) is 13.7 Å². The van der Waals surface area contributed by atoms with E-state index in [1.165, 1.54) is 6.42 Å². The van der Waals surface area contributed by atoms with Gasteiger partial charge in [0.2, 0.25) is 0 Å². The first-order valence-corrected chi connectivity index (χ1v) is 6.05. The van der Waals surface area contributed by atoms with Crippen LogP contribution in [-0.4, -0.2) is 32.3 Å². The second kappa shape index (κ2) is 6.21. The van der Waals surface area contributed by atoms with Crippen LogP contribution >= 0.6 is 0 Å². The highest BCUT2D eigenvalue weighted by Crippen LogP contribution is 2.36. The Labute approximate surface area is 97.5 Å². The van der Waals surface area contributed by atoms with Crippen LogP contribution in [0, 0.1) is 5.41 Å². The van der Waals surface area contributed by atoms with Crippen molar-refractivity contribution < 1.29 is 14.3 Å². The first-order valence-electron chi connectivity index (χ1n) is 6.05. The number of esters is 1. The number of methoxy groups -OCH3 is 1. The van der Waals surface area contributed by atoms with Gasteiger partial charge < -0.3 is 15.2 Å². The Balaban J connectivity index is 2.54. The molecule has 0 heterocycles. The smallest absolute Gasteiger partial charge is 0.313 e. The molecule has 1 fully saturated rings. The molecular formula is C12H23NO3. The van der Waals surface area contributed by atoms with Crippen LogP contribution in [-0.2, 0) is 14.3 Å².